The van der Waals surface area contributed by atoms with E-state index in [-0.39, 0.29) is 0 Å². The highest BCUT2D eigenvalue weighted by Gasteiger charge is 2.53. The minimum Gasteiger partial charge on any atom is -0.383 e. The Morgan fingerprint density at radius 2 is 1.32 bits per heavy atom. The van der Waals surface area contributed by atoms with Crippen LogP contribution in [0.5, 0.6) is 0 Å². The minimum absolute atomic E-state index is 0.654. The summed E-state index contributed by atoms with van der Waals surface area (Å²) in [5.41, 5.74) is 0.654. The molecule has 1 aliphatic heterocycles. The Labute approximate surface area is 139 Å². The first-order valence-corrected chi connectivity index (χ1v) is 11.4. The molecule has 22 heavy (non-hydrogen) atoms. The normalized spacial score (nSPS) is 34.8. The van der Waals surface area contributed by atoms with E-state index >= 15 is 0 Å². The Balaban J connectivity index is 2.22. The predicted octanol–water partition coefficient (Wildman–Crippen LogP) is 4.56. The number of hydrogen-bond donors (Lipinski definition) is 0. The number of nitrogens with zero attached hydrogens (tertiary/aromatic N) is 1. The average Bonchev–Trinajstić information content (AvgIpc) is 2.46. The van der Waals surface area contributed by atoms with Crippen LogP contribution in [0.2, 0.25) is 5.54 Å². The summed E-state index contributed by atoms with van der Waals surface area (Å²) in [6.07, 6.45) is 6.64. The lowest BCUT2D eigenvalue weighted by Crippen LogP contribution is -2.65. The molecule has 0 aromatic heterocycles. The van der Waals surface area contributed by atoms with E-state index in [9.17, 15) is 0 Å². The lowest BCUT2D eigenvalue weighted by Gasteiger charge is -2.49. The van der Waals surface area contributed by atoms with E-state index in [1.807, 2.05) is 0 Å². The SMILES string of the molecule is CCO[Si](OCC)(C1CCC(C)CC1)N1CC(C)CC(C)C1. The summed E-state index contributed by atoms with van der Waals surface area (Å²) in [7, 11) is -2.27. The highest BCUT2D eigenvalue weighted by molar-refractivity contribution is 6.66. The molecule has 2 rings (SSSR count). The first-order chi connectivity index (χ1) is 10.5. The Bertz CT molecular complexity index is 315. The van der Waals surface area contributed by atoms with Crippen LogP contribution in [0.4, 0.5) is 0 Å². The van der Waals surface area contributed by atoms with Crippen LogP contribution in [0.3, 0.4) is 0 Å². The first kappa shape index (κ1) is 18.4. The van der Waals surface area contributed by atoms with Gasteiger partial charge >= 0.3 is 8.72 Å². The van der Waals surface area contributed by atoms with Crippen molar-refractivity contribution in [1.29, 1.82) is 0 Å². The Hall–Kier alpha value is 0.0969. The molecule has 0 N–H and O–H groups in total. The molecule has 0 aromatic carbocycles. The second-order valence-electron chi connectivity index (χ2n) is 7.80. The highest BCUT2D eigenvalue weighted by atomic mass is 28.4. The lowest BCUT2D eigenvalue weighted by atomic mass is 9.90. The molecule has 3 nitrogen and oxygen atoms in total. The summed E-state index contributed by atoms with van der Waals surface area (Å²) < 4.78 is 15.7. The van der Waals surface area contributed by atoms with Gasteiger partial charge in [-0.15, -0.1) is 0 Å². The quantitative estimate of drug-likeness (QED) is 0.668. The van der Waals surface area contributed by atoms with Crippen LogP contribution in [-0.4, -0.2) is 39.6 Å². The van der Waals surface area contributed by atoms with Crippen molar-refractivity contribution in [3.63, 3.8) is 0 Å². The van der Waals surface area contributed by atoms with E-state index in [2.05, 4.69) is 39.2 Å². The van der Waals surface area contributed by atoms with Crippen LogP contribution in [0.1, 0.15) is 66.7 Å². The van der Waals surface area contributed by atoms with Crippen molar-refractivity contribution in [2.24, 2.45) is 17.8 Å². The van der Waals surface area contributed by atoms with Crippen molar-refractivity contribution >= 4 is 8.72 Å². The van der Waals surface area contributed by atoms with Gasteiger partial charge < -0.3 is 8.85 Å². The second-order valence-corrected chi connectivity index (χ2v) is 11.1. The summed E-state index contributed by atoms with van der Waals surface area (Å²) >= 11 is 0. The smallest absolute Gasteiger partial charge is 0.383 e. The van der Waals surface area contributed by atoms with Crippen molar-refractivity contribution < 1.29 is 8.85 Å². The molecular formula is C18H37NO2Si. The summed E-state index contributed by atoms with van der Waals surface area (Å²) in [4.78, 5) is 0. The number of rotatable bonds is 6. The van der Waals surface area contributed by atoms with Crippen molar-refractivity contribution in [1.82, 2.24) is 4.57 Å². The van der Waals surface area contributed by atoms with Crippen LogP contribution in [0.25, 0.3) is 0 Å². The van der Waals surface area contributed by atoms with Crippen LogP contribution in [-0.2, 0) is 8.85 Å². The summed E-state index contributed by atoms with van der Waals surface area (Å²) in [6.45, 7) is 15.4. The zero-order chi connectivity index (χ0) is 16.2. The predicted molar refractivity (Wildman–Crippen MR) is 94.9 cm³/mol. The molecule has 1 aliphatic carbocycles. The second kappa shape index (κ2) is 8.27. The minimum atomic E-state index is -2.27. The largest absolute Gasteiger partial charge is 0.431 e. The molecule has 0 spiro atoms. The molecule has 1 saturated heterocycles. The topological polar surface area (TPSA) is 21.7 Å². The van der Waals surface area contributed by atoms with Crippen molar-refractivity contribution in [2.45, 2.75) is 72.3 Å². The van der Waals surface area contributed by atoms with Crippen LogP contribution in [0, 0.1) is 17.8 Å². The zero-order valence-electron chi connectivity index (χ0n) is 15.4. The molecule has 130 valence electrons. The molecule has 0 aromatic rings. The van der Waals surface area contributed by atoms with Gasteiger partial charge in [-0.25, -0.2) is 0 Å². The molecule has 1 saturated carbocycles. The molecular weight excluding hydrogens is 290 g/mol. The maximum Gasteiger partial charge on any atom is 0.431 e. The third kappa shape index (κ3) is 4.14. The van der Waals surface area contributed by atoms with E-state index in [0.717, 1.165) is 31.0 Å². The molecule has 4 heteroatoms. The van der Waals surface area contributed by atoms with Gasteiger partial charge in [-0.1, -0.05) is 33.6 Å². The van der Waals surface area contributed by atoms with Crippen molar-refractivity contribution in [3.8, 4) is 0 Å². The maximum atomic E-state index is 6.52. The fourth-order valence-electron chi connectivity index (χ4n) is 4.67. The van der Waals surface area contributed by atoms with E-state index in [4.69, 9.17) is 8.85 Å². The van der Waals surface area contributed by atoms with Gasteiger partial charge in [-0.2, -0.15) is 0 Å². The maximum absolute atomic E-state index is 6.52. The number of piperidine rings is 1. The third-order valence-electron chi connectivity index (χ3n) is 5.54. The number of hydrogen-bond acceptors (Lipinski definition) is 3. The summed E-state index contributed by atoms with van der Waals surface area (Å²) in [5, 5.41) is 0. The molecule has 0 radical (unpaired) electrons. The molecule has 0 bridgehead atoms. The van der Waals surface area contributed by atoms with Gasteiger partial charge in [-0.05, 0) is 64.0 Å². The van der Waals surface area contributed by atoms with E-state index in [1.54, 1.807) is 0 Å². The molecule has 1 heterocycles. The van der Waals surface area contributed by atoms with Gasteiger partial charge in [0, 0.05) is 18.8 Å². The lowest BCUT2D eigenvalue weighted by molar-refractivity contribution is 0.0711. The van der Waals surface area contributed by atoms with Crippen LogP contribution < -0.4 is 0 Å². The van der Waals surface area contributed by atoms with Gasteiger partial charge in [-0.3, -0.25) is 4.57 Å². The molecule has 2 unspecified atom stereocenters. The van der Waals surface area contributed by atoms with Gasteiger partial charge in [0.25, 0.3) is 0 Å². The third-order valence-corrected chi connectivity index (χ3v) is 9.80. The van der Waals surface area contributed by atoms with Crippen molar-refractivity contribution in [3.05, 3.63) is 0 Å². The monoisotopic (exact) mass is 327 g/mol. The van der Waals surface area contributed by atoms with E-state index < -0.39 is 8.72 Å². The van der Waals surface area contributed by atoms with Crippen LogP contribution in [0.15, 0.2) is 0 Å². The van der Waals surface area contributed by atoms with Crippen LogP contribution >= 0.6 is 0 Å². The Morgan fingerprint density at radius 3 is 1.77 bits per heavy atom. The Kier molecular flexibility index (Phi) is 6.93. The van der Waals surface area contributed by atoms with Gasteiger partial charge in [0.05, 0.1) is 0 Å². The van der Waals surface area contributed by atoms with E-state index in [0.29, 0.717) is 5.54 Å². The molecule has 2 aliphatic rings. The van der Waals surface area contributed by atoms with Crippen molar-refractivity contribution in [2.75, 3.05) is 26.3 Å². The average molecular weight is 328 g/mol. The molecule has 0 amide bonds. The Morgan fingerprint density at radius 1 is 0.818 bits per heavy atom. The fourth-order valence-corrected chi connectivity index (χ4v) is 9.13. The summed E-state index contributed by atoms with van der Waals surface area (Å²) in [6, 6.07) is 0. The standard InChI is InChI=1S/C18H37NO2Si/c1-6-20-22(21-7-2,18-10-8-15(3)9-11-18)19-13-16(4)12-17(5)14-19/h15-18H,6-14H2,1-5H3. The zero-order valence-corrected chi connectivity index (χ0v) is 16.4. The molecule has 2 atom stereocenters. The van der Waals surface area contributed by atoms with Gasteiger partial charge in [0.1, 0.15) is 0 Å². The first-order valence-electron chi connectivity index (χ1n) is 9.54. The molecule has 2 fully saturated rings. The van der Waals surface area contributed by atoms with Gasteiger partial charge in [0.2, 0.25) is 0 Å². The van der Waals surface area contributed by atoms with E-state index in [1.165, 1.54) is 45.2 Å². The van der Waals surface area contributed by atoms with Gasteiger partial charge in [0.15, 0.2) is 0 Å². The fraction of sp³-hybridized carbons (Fsp3) is 1.00. The summed E-state index contributed by atoms with van der Waals surface area (Å²) in [5.74, 6) is 2.41. The highest BCUT2D eigenvalue weighted by Crippen LogP contribution is 2.43.